The van der Waals surface area contributed by atoms with Gasteiger partial charge in [-0.25, -0.2) is 0 Å². The quantitative estimate of drug-likeness (QED) is 0.568. The number of nitrogens with zero attached hydrogens (tertiary/aromatic N) is 1. The fourth-order valence-electron chi connectivity index (χ4n) is 2.84. The molecule has 0 atom stereocenters. The molecule has 0 radical (unpaired) electrons. The maximum atomic E-state index is 10.8. The number of ether oxygens (including phenoxy) is 1. The molecule has 0 spiro atoms. The van der Waals surface area contributed by atoms with Crippen LogP contribution in [-0.4, -0.2) is 10.0 Å². The molecular formula is C19H23NO4. The zero-order valence-corrected chi connectivity index (χ0v) is 14.7. The summed E-state index contributed by atoms with van der Waals surface area (Å²) in [7, 11) is 0. The van der Waals surface area contributed by atoms with Crippen LogP contribution >= 0.6 is 0 Å². The van der Waals surface area contributed by atoms with Crippen LogP contribution in [0.15, 0.2) is 30.3 Å². The first-order valence-corrected chi connectivity index (χ1v) is 8.01. The van der Waals surface area contributed by atoms with Crippen molar-refractivity contribution in [3.05, 3.63) is 57.1 Å². The molecule has 2 rings (SSSR count). The van der Waals surface area contributed by atoms with Crippen molar-refractivity contribution in [2.45, 2.75) is 46.5 Å². The fourth-order valence-corrected chi connectivity index (χ4v) is 2.84. The number of benzene rings is 2. The van der Waals surface area contributed by atoms with E-state index < -0.39 is 10.7 Å². The maximum Gasteiger partial charge on any atom is 0.310 e. The molecule has 128 valence electrons. The summed E-state index contributed by atoms with van der Waals surface area (Å²) >= 11 is 0. The van der Waals surface area contributed by atoms with E-state index in [0.717, 1.165) is 22.4 Å². The van der Waals surface area contributed by atoms with Crippen LogP contribution in [0.3, 0.4) is 0 Å². The monoisotopic (exact) mass is 329 g/mol. The number of aromatic hydroxyl groups is 1. The predicted octanol–water partition coefficient (Wildman–Crippen LogP) is 5.65. The number of aryl methyl sites for hydroxylation is 1. The van der Waals surface area contributed by atoms with Crippen molar-refractivity contribution in [2.24, 2.45) is 0 Å². The third kappa shape index (κ3) is 3.50. The Morgan fingerprint density at radius 1 is 1.08 bits per heavy atom. The Morgan fingerprint density at radius 2 is 1.75 bits per heavy atom. The van der Waals surface area contributed by atoms with Crippen LogP contribution in [0.25, 0.3) is 0 Å². The Morgan fingerprint density at radius 3 is 2.25 bits per heavy atom. The van der Waals surface area contributed by atoms with E-state index >= 15 is 0 Å². The van der Waals surface area contributed by atoms with Gasteiger partial charge in [-0.1, -0.05) is 39.8 Å². The van der Waals surface area contributed by atoms with E-state index in [4.69, 9.17) is 4.74 Å². The topological polar surface area (TPSA) is 72.6 Å². The summed E-state index contributed by atoms with van der Waals surface area (Å²) in [5.74, 6) is 1.29. The van der Waals surface area contributed by atoms with Crippen molar-refractivity contribution < 1.29 is 14.8 Å². The molecule has 0 saturated heterocycles. The van der Waals surface area contributed by atoms with E-state index in [1.165, 1.54) is 18.2 Å². The van der Waals surface area contributed by atoms with Crippen molar-refractivity contribution >= 4 is 5.69 Å². The lowest BCUT2D eigenvalue weighted by Gasteiger charge is -2.22. The number of hydrogen-bond acceptors (Lipinski definition) is 4. The minimum Gasteiger partial charge on any atom is -0.502 e. The van der Waals surface area contributed by atoms with Crippen LogP contribution < -0.4 is 4.74 Å². The van der Waals surface area contributed by atoms with Gasteiger partial charge in [0.25, 0.3) is 0 Å². The average molecular weight is 329 g/mol. The van der Waals surface area contributed by atoms with Crippen LogP contribution in [0, 0.1) is 17.0 Å². The second kappa shape index (κ2) is 6.91. The first-order chi connectivity index (χ1) is 11.2. The highest BCUT2D eigenvalue weighted by atomic mass is 16.6. The molecule has 0 amide bonds. The normalized spacial score (nSPS) is 11.1. The summed E-state index contributed by atoms with van der Waals surface area (Å²) in [6.45, 7) is 10.4. The van der Waals surface area contributed by atoms with Gasteiger partial charge in [-0.2, -0.15) is 0 Å². The lowest BCUT2D eigenvalue weighted by atomic mass is 9.90. The van der Waals surface area contributed by atoms with Crippen LogP contribution in [0.1, 0.15) is 56.2 Å². The Kier molecular flexibility index (Phi) is 5.12. The lowest BCUT2D eigenvalue weighted by Crippen LogP contribution is -2.03. The first-order valence-electron chi connectivity index (χ1n) is 8.01. The highest BCUT2D eigenvalue weighted by Crippen LogP contribution is 2.40. The minimum absolute atomic E-state index is 0.268. The molecule has 24 heavy (non-hydrogen) atoms. The van der Waals surface area contributed by atoms with Gasteiger partial charge in [0.2, 0.25) is 0 Å². The van der Waals surface area contributed by atoms with Crippen LogP contribution in [0.5, 0.6) is 17.2 Å². The molecule has 0 fully saturated rings. The highest BCUT2D eigenvalue weighted by Gasteiger charge is 2.20. The number of rotatable bonds is 5. The van der Waals surface area contributed by atoms with Gasteiger partial charge in [-0.3, -0.25) is 10.1 Å². The highest BCUT2D eigenvalue weighted by molar-refractivity contribution is 5.54. The lowest BCUT2D eigenvalue weighted by molar-refractivity contribution is -0.385. The second-order valence-corrected chi connectivity index (χ2v) is 6.53. The van der Waals surface area contributed by atoms with Crippen molar-refractivity contribution in [1.29, 1.82) is 0 Å². The van der Waals surface area contributed by atoms with Gasteiger partial charge in [0, 0.05) is 17.7 Å². The summed E-state index contributed by atoms with van der Waals surface area (Å²) in [5, 5.41) is 20.7. The molecular weight excluding hydrogens is 306 g/mol. The molecule has 0 unspecified atom stereocenters. The molecule has 0 saturated carbocycles. The van der Waals surface area contributed by atoms with E-state index in [1.54, 1.807) is 0 Å². The van der Waals surface area contributed by atoms with Crippen molar-refractivity contribution in [1.82, 2.24) is 0 Å². The molecule has 1 N–H and O–H groups in total. The SMILES string of the molecule is Cc1ccc(C(C)C)c(Oc2ccc([N+](=O)[O-])c(O)c2)c1C(C)C. The van der Waals surface area contributed by atoms with Gasteiger partial charge in [0.05, 0.1) is 4.92 Å². The number of nitro groups is 1. The minimum atomic E-state index is -0.620. The second-order valence-electron chi connectivity index (χ2n) is 6.53. The Bertz CT molecular complexity index is 766. The molecule has 0 bridgehead atoms. The van der Waals surface area contributed by atoms with Gasteiger partial charge in [-0.05, 0) is 36.0 Å². The van der Waals surface area contributed by atoms with Gasteiger partial charge in [-0.15, -0.1) is 0 Å². The molecule has 2 aromatic rings. The zero-order valence-electron chi connectivity index (χ0n) is 14.7. The Balaban J connectivity index is 2.54. The number of hydrogen-bond donors (Lipinski definition) is 1. The summed E-state index contributed by atoms with van der Waals surface area (Å²) in [6.07, 6.45) is 0. The number of phenolic OH excluding ortho intramolecular Hbond substituents is 1. The average Bonchev–Trinajstić information content (AvgIpc) is 2.46. The molecule has 0 aliphatic carbocycles. The molecule has 5 heteroatoms. The van der Waals surface area contributed by atoms with E-state index in [0.29, 0.717) is 5.75 Å². The third-order valence-electron chi connectivity index (χ3n) is 4.01. The van der Waals surface area contributed by atoms with Crippen molar-refractivity contribution in [3.8, 4) is 17.2 Å². The number of nitro benzene ring substituents is 1. The molecule has 0 aliphatic heterocycles. The van der Waals surface area contributed by atoms with Gasteiger partial charge >= 0.3 is 5.69 Å². The fraction of sp³-hybridized carbons (Fsp3) is 0.368. The standard InChI is InChI=1S/C19H23NO4/c1-11(2)15-8-6-13(5)18(12(3)4)19(15)24-14-7-9-16(20(22)23)17(21)10-14/h6-12,21H,1-5H3. The van der Waals surface area contributed by atoms with E-state index in [1.807, 2.05) is 13.0 Å². The van der Waals surface area contributed by atoms with Gasteiger partial charge in [0.15, 0.2) is 5.75 Å². The van der Waals surface area contributed by atoms with Crippen LogP contribution in [0.2, 0.25) is 0 Å². The zero-order chi connectivity index (χ0) is 18.0. The summed E-state index contributed by atoms with van der Waals surface area (Å²) in [4.78, 5) is 10.2. The maximum absolute atomic E-state index is 10.8. The number of phenols is 1. The van der Waals surface area contributed by atoms with Crippen molar-refractivity contribution in [3.63, 3.8) is 0 Å². The molecule has 0 aliphatic rings. The van der Waals surface area contributed by atoms with Gasteiger partial charge < -0.3 is 9.84 Å². The molecule has 5 nitrogen and oxygen atoms in total. The summed E-state index contributed by atoms with van der Waals surface area (Å²) < 4.78 is 6.08. The van der Waals surface area contributed by atoms with E-state index in [9.17, 15) is 15.2 Å². The Labute approximate surface area is 142 Å². The Hall–Kier alpha value is -2.56. The largest absolute Gasteiger partial charge is 0.502 e. The summed E-state index contributed by atoms with van der Waals surface area (Å²) in [6, 6.07) is 8.19. The summed E-state index contributed by atoms with van der Waals surface area (Å²) in [5.41, 5.74) is 2.98. The molecule has 0 aromatic heterocycles. The smallest absolute Gasteiger partial charge is 0.310 e. The van der Waals surface area contributed by atoms with E-state index in [-0.39, 0.29) is 17.5 Å². The van der Waals surface area contributed by atoms with Crippen LogP contribution in [0.4, 0.5) is 5.69 Å². The van der Waals surface area contributed by atoms with Crippen LogP contribution in [-0.2, 0) is 0 Å². The predicted molar refractivity (Wildman–Crippen MR) is 94.2 cm³/mol. The first kappa shape index (κ1) is 17.8. The van der Waals surface area contributed by atoms with Gasteiger partial charge in [0.1, 0.15) is 11.5 Å². The molecule has 0 heterocycles. The van der Waals surface area contributed by atoms with Crippen molar-refractivity contribution in [2.75, 3.05) is 0 Å². The third-order valence-corrected chi connectivity index (χ3v) is 4.01. The molecule has 2 aromatic carbocycles. The van der Waals surface area contributed by atoms with E-state index in [2.05, 4.69) is 33.8 Å².